The molecule has 0 atom stereocenters. The molecule has 5 nitrogen and oxygen atoms in total. The molecule has 1 aromatic carbocycles. The van der Waals surface area contributed by atoms with E-state index in [0.29, 0.717) is 17.7 Å². The molecule has 1 aromatic heterocycles. The second kappa shape index (κ2) is 5.61. The minimum absolute atomic E-state index is 0.123. The Morgan fingerprint density at radius 3 is 2.40 bits per heavy atom. The van der Waals surface area contributed by atoms with Gasteiger partial charge in [0.15, 0.2) is 0 Å². The second-order valence-electron chi connectivity index (χ2n) is 4.42. The van der Waals surface area contributed by atoms with Crippen molar-refractivity contribution >= 4 is 11.9 Å². The fraction of sp³-hybridized carbons (Fsp3) is 0.200. The summed E-state index contributed by atoms with van der Waals surface area (Å²) in [6.45, 7) is 1.95. The second-order valence-corrected chi connectivity index (χ2v) is 4.42. The quantitative estimate of drug-likeness (QED) is 0.876. The predicted molar refractivity (Wildman–Crippen MR) is 73.4 cm³/mol. The Labute approximate surface area is 116 Å². The van der Waals surface area contributed by atoms with Crippen LogP contribution < -0.4 is 0 Å². The van der Waals surface area contributed by atoms with Gasteiger partial charge in [-0.1, -0.05) is 25.1 Å². The zero-order chi connectivity index (χ0) is 14.7. The topological polar surface area (TPSA) is 79.5 Å². The summed E-state index contributed by atoms with van der Waals surface area (Å²) in [6.07, 6.45) is 2.20. The van der Waals surface area contributed by atoms with Crippen molar-refractivity contribution in [1.82, 2.24) is 4.57 Å². The van der Waals surface area contributed by atoms with Crippen LogP contribution in [-0.4, -0.2) is 26.7 Å². The molecule has 0 spiro atoms. The first kappa shape index (κ1) is 13.9. The van der Waals surface area contributed by atoms with E-state index in [0.717, 1.165) is 5.56 Å². The average Bonchev–Trinajstić information content (AvgIpc) is 2.86. The third kappa shape index (κ3) is 2.56. The standard InChI is InChI=1S/C15H15NO4/c1-2-10-5-3-6-11(9-13(17)18)14(10)16-8-4-7-12(16)15(19)20/h3-8H,2,9H2,1H3,(H,17,18)(H,19,20). The van der Waals surface area contributed by atoms with E-state index in [2.05, 4.69) is 0 Å². The van der Waals surface area contributed by atoms with Gasteiger partial charge in [-0.25, -0.2) is 4.79 Å². The molecule has 0 amide bonds. The molecule has 0 aliphatic rings. The molecule has 20 heavy (non-hydrogen) atoms. The number of para-hydroxylation sites is 1. The van der Waals surface area contributed by atoms with Crippen molar-refractivity contribution < 1.29 is 19.8 Å². The average molecular weight is 273 g/mol. The van der Waals surface area contributed by atoms with Crippen molar-refractivity contribution in [3.05, 3.63) is 53.3 Å². The van der Waals surface area contributed by atoms with Gasteiger partial charge in [-0.15, -0.1) is 0 Å². The number of aromatic carboxylic acids is 1. The first-order valence-electron chi connectivity index (χ1n) is 6.28. The van der Waals surface area contributed by atoms with Crippen LogP contribution in [-0.2, 0) is 17.6 Å². The predicted octanol–water partition coefficient (Wildman–Crippen LogP) is 2.37. The van der Waals surface area contributed by atoms with Crippen molar-refractivity contribution in [2.75, 3.05) is 0 Å². The number of hydrogen-bond donors (Lipinski definition) is 2. The Morgan fingerprint density at radius 1 is 1.10 bits per heavy atom. The van der Waals surface area contributed by atoms with Gasteiger partial charge in [0.1, 0.15) is 5.69 Å². The largest absolute Gasteiger partial charge is 0.481 e. The summed E-state index contributed by atoms with van der Waals surface area (Å²) in [5, 5.41) is 18.2. The fourth-order valence-electron chi connectivity index (χ4n) is 2.29. The number of aliphatic carboxylic acids is 1. The highest BCUT2D eigenvalue weighted by Gasteiger charge is 2.17. The van der Waals surface area contributed by atoms with Crippen molar-refractivity contribution in [2.24, 2.45) is 0 Å². The summed E-state index contributed by atoms with van der Waals surface area (Å²) in [4.78, 5) is 22.2. The van der Waals surface area contributed by atoms with Crippen molar-refractivity contribution in [3.63, 3.8) is 0 Å². The van der Waals surface area contributed by atoms with Crippen LogP contribution in [0.4, 0.5) is 0 Å². The lowest BCUT2D eigenvalue weighted by atomic mass is 10.0. The molecular formula is C15H15NO4. The van der Waals surface area contributed by atoms with Crippen molar-refractivity contribution in [3.8, 4) is 5.69 Å². The molecule has 2 rings (SSSR count). The van der Waals surface area contributed by atoms with E-state index in [9.17, 15) is 14.7 Å². The number of aryl methyl sites for hydroxylation is 1. The van der Waals surface area contributed by atoms with E-state index in [1.165, 1.54) is 6.07 Å². The van der Waals surface area contributed by atoms with Crippen LogP contribution in [0.5, 0.6) is 0 Å². The Morgan fingerprint density at radius 2 is 1.80 bits per heavy atom. The summed E-state index contributed by atoms with van der Waals surface area (Å²) in [6, 6.07) is 8.53. The van der Waals surface area contributed by atoms with Crippen LogP contribution in [0.3, 0.4) is 0 Å². The minimum Gasteiger partial charge on any atom is -0.481 e. The maximum Gasteiger partial charge on any atom is 0.352 e. The summed E-state index contributed by atoms with van der Waals surface area (Å²) in [7, 11) is 0. The van der Waals surface area contributed by atoms with Gasteiger partial charge < -0.3 is 14.8 Å². The van der Waals surface area contributed by atoms with Crippen LogP contribution >= 0.6 is 0 Å². The Hall–Kier alpha value is -2.56. The van der Waals surface area contributed by atoms with Gasteiger partial charge in [0.2, 0.25) is 0 Å². The van der Waals surface area contributed by atoms with Gasteiger partial charge in [0.05, 0.1) is 12.1 Å². The number of nitrogens with zero attached hydrogens (tertiary/aromatic N) is 1. The van der Waals surface area contributed by atoms with Crippen molar-refractivity contribution in [1.29, 1.82) is 0 Å². The molecule has 0 saturated carbocycles. The molecule has 0 saturated heterocycles. The monoisotopic (exact) mass is 273 g/mol. The Balaban J connectivity index is 2.66. The number of carbonyl (C=O) groups is 2. The molecule has 0 unspecified atom stereocenters. The van der Waals surface area contributed by atoms with E-state index in [4.69, 9.17) is 5.11 Å². The molecule has 2 aromatic rings. The lowest BCUT2D eigenvalue weighted by molar-refractivity contribution is -0.136. The van der Waals surface area contributed by atoms with Crippen LogP contribution in [0.15, 0.2) is 36.5 Å². The maximum atomic E-state index is 11.3. The lowest BCUT2D eigenvalue weighted by Gasteiger charge is -2.15. The molecule has 104 valence electrons. The molecular weight excluding hydrogens is 258 g/mol. The van der Waals surface area contributed by atoms with Gasteiger partial charge in [0.25, 0.3) is 0 Å². The van der Waals surface area contributed by atoms with E-state index < -0.39 is 11.9 Å². The van der Waals surface area contributed by atoms with Gasteiger partial charge in [-0.2, -0.15) is 0 Å². The Kier molecular flexibility index (Phi) is 3.89. The molecule has 0 bridgehead atoms. The number of benzene rings is 1. The molecule has 5 heteroatoms. The summed E-state index contributed by atoms with van der Waals surface area (Å²) in [5.41, 5.74) is 2.30. The molecule has 0 aliphatic heterocycles. The van der Waals surface area contributed by atoms with Crippen LogP contribution in [0, 0.1) is 0 Å². The summed E-state index contributed by atoms with van der Waals surface area (Å²) in [5.74, 6) is -1.98. The van der Waals surface area contributed by atoms with E-state index in [1.807, 2.05) is 13.0 Å². The summed E-state index contributed by atoms with van der Waals surface area (Å²) < 4.78 is 1.54. The van der Waals surface area contributed by atoms with Crippen LogP contribution in [0.1, 0.15) is 28.5 Å². The van der Waals surface area contributed by atoms with Gasteiger partial charge in [0, 0.05) is 6.20 Å². The highest BCUT2D eigenvalue weighted by molar-refractivity contribution is 5.87. The van der Waals surface area contributed by atoms with Gasteiger partial charge in [-0.3, -0.25) is 4.79 Å². The van der Waals surface area contributed by atoms with Gasteiger partial charge >= 0.3 is 11.9 Å². The molecule has 0 aliphatic carbocycles. The molecule has 0 radical (unpaired) electrons. The number of carboxylic acid groups (broad SMARTS) is 2. The first-order chi connectivity index (χ1) is 9.54. The van der Waals surface area contributed by atoms with Crippen molar-refractivity contribution in [2.45, 2.75) is 19.8 Å². The van der Waals surface area contributed by atoms with Crippen LogP contribution in [0.2, 0.25) is 0 Å². The number of carboxylic acids is 2. The van der Waals surface area contributed by atoms with E-state index >= 15 is 0 Å². The minimum atomic E-state index is -1.04. The van der Waals surface area contributed by atoms with E-state index in [1.54, 1.807) is 29.0 Å². The Bertz CT molecular complexity index is 658. The lowest BCUT2D eigenvalue weighted by Crippen LogP contribution is -2.12. The normalized spacial score (nSPS) is 10.4. The first-order valence-corrected chi connectivity index (χ1v) is 6.28. The van der Waals surface area contributed by atoms with Crippen LogP contribution in [0.25, 0.3) is 5.69 Å². The smallest absolute Gasteiger partial charge is 0.352 e. The number of aromatic nitrogens is 1. The SMILES string of the molecule is CCc1cccc(CC(=O)O)c1-n1cccc1C(=O)O. The zero-order valence-electron chi connectivity index (χ0n) is 11.0. The fourth-order valence-corrected chi connectivity index (χ4v) is 2.29. The number of rotatable bonds is 5. The number of hydrogen-bond acceptors (Lipinski definition) is 2. The van der Waals surface area contributed by atoms with Gasteiger partial charge in [-0.05, 0) is 29.7 Å². The third-order valence-electron chi connectivity index (χ3n) is 3.13. The highest BCUT2D eigenvalue weighted by atomic mass is 16.4. The highest BCUT2D eigenvalue weighted by Crippen LogP contribution is 2.23. The zero-order valence-corrected chi connectivity index (χ0v) is 11.0. The van der Waals surface area contributed by atoms with E-state index in [-0.39, 0.29) is 12.1 Å². The molecule has 1 heterocycles. The summed E-state index contributed by atoms with van der Waals surface area (Å²) >= 11 is 0. The third-order valence-corrected chi connectivity index (χ3v) is 3.13. The molecule has 2 N–H and O–H groups in total. The maximum absolute atomic E-state index is 11.3. The molecule has 0 fully saturated rings.